The van der Waals surface area contributed by atoms with Crippen molar-refractivity contribution >= 4 is 23.8 Å². The zero-order chi connectivity index (χ0) is 17.6. The van der Waals surface area contributed by atoms with Crippen molar-refractivity contribution in [2.24, 2.45) is 0 Å². The Bertz CT molecular complexity index is 776. The van der Waals surface area contributed by atoms with Gasteiger partial charge >= 0.3 is 12.0 Å². The summed E-state index contributed by atoms with van der Waals surface area (Å²) in [7, 11) is 0. The van der Waals surface area contributed by atoms with Gasteiger partial charge in [-0.25, -0.2) is 14.6 Å². The summed E-state index contributed by atoms with van der Waals surface area (Å²) in [4.78, 5) is 28.7. The van der Waals surface area contributed by atoms with Crippen LogP contribution in [-0.2, 0) is 9.53 Å². The summed E-state index contributed by atoms with van der Waals surface area (Å²) < 4.78 is 5.20. The molecule has 0 bridgehead atoms. The van der Waals surface area contributed by atoms with Crippen molar-refractivity contribution in [3.63, 3.8) is 0 Å². The monoisotopic (exact) mass is 359 g/mol. The SMILES string of the molecule is CCOC(=O)C1=C(CSc2ncn[nH]2)NC(=O)N[C@H]1c1ccccc1. The van der Waals surface area contributed by atoms with E-state index < -0.39 is 12.0 Å². The number of thioether (sulfide) groups is 1. The molecule has 1 aliphatic rings. The minimum absolute atomic E-state index is 0.250. The van der Waals surface area contributed by atoms with Crippen molar-refractivity contribution in [2.45, 2.75) is 18.1 Å². The van der Waals surface area contributed by atoms with Crippen molar-refractivity contribution in [3.05, 3.63) is 53.5 Å². The number of H-pyrrole nitrogens is 1. The molecule has 25 heavy (non-hydrogen) atoms. The van der Waals surface area contributed by atoms with Crippen molar-refractivity contribution in [1.82, 2.24) is 25.8 Å². The molecule has 0 fully saturated rings. The van der Waals surface area contributed by atoms with E-state index in [0.29, 0.717) is 22.2 Å². The number of hydrogen-bond donors (Lipinski definition) is 3. The molecule has 8 nitrogen and oxygen atoms in total. The smallest absolute Gasteiger partial charge is 0.338 e. The zero-order valence-electron chi connectivity index (χ0n) is 13.5. The molecule has 0 spiro atoms. The van der Waals surface area contributed by atoms with Gasteiger partial charge < -0.3 is 15.4 Å². The predicted octanol–water partition coefficient (Wildman–Crippen LogP) is 1.77. The number of esters is 1. The highest BCUT2D eigenvalue weighted by Gasteiger charge is 2.33. The minimum Gasteiger partial charge on any atom is -0.463 e. The minimum atomic E-state index is -0.570. The fourth-order valence-electron chi connectivity index (χ4n) is 2.48. The summed E-state index contributed by atoms with van der Waals surface area (Å²) in [5.41, 5.74) is 1.69. The Morgan fingerprint density at radius 1 is 1.32 bits per heavy atom. The van der Waals surface area contributed by atoms with Crippen LogP contribution >= 0.6 is 11.8 Å². The van der Waals surface area contributed by atoms with Crippen molar-refractivity contribution in [1.29, 1.82) is 0 Å². The van der Waals surface area contributed by atoms with Crippen molar-refractivity contribution in [3.8, 4) is 0 Å². The van der Waals surface area contributed by atoms with Crippen LogP contribution in [0.15, 0.2) is 53.1 Å². The number of aromatic amines is 1. The number of ether oxygens (including phenoxy) is 1. The van der Waals surface area contributed by atoms with Gasteiger partial charge in [0.25, 0.3) is 0 Å². The number of rotatable bonds is 6. The topological polar surface area (TPSA) is 109 Å². The molecule has 1 aromatic carbocycles. The summed E-state index contributed by atoms with van der Waals surface area (Å²) in [5.74, 6) is -0.114. The number of urea groups is 1. The van der Waals surface area contributed by atoms with Gasteiger partial charge in [-0.15, -0.1) is 0 Å². The van der Waals surface area contributed by atoms with Gasteiger partial charge in [-0.05, 0) is 12.5 Å². The molecule has 0 aliphatic carbocycles. The van der Waals surface area contributed by atoms with E-state index >= 15 is 0 Å². The lowest BCUT2D eigenvalue weighted by Gasteiger charge is -2.29. The Balaban J connectivity index is 1.96. The van der Waals surface area contributed by atoms with Gasteiger partial charge in [-0.1, -0.05) is 42.1 Å². The summed E-state index contributed by atoms with van der Waals surface area (Å²) in [5, 5.41) is 12.6. The molecule has 1 atom stereocenters. The highest BCUT2D eigenvalue weighted by Crippen LogP contribution is 2.29. The van der Waals surface area contributed by atoms with Crippen LogP contribution in [0.3, 0.4) is 0 Å². The maximum Gasteiger partial charge on any atom is 0.338 e. The van der Waals surface area contributed by atoms with Gasteiger partial charge in [0.15, 0.2) is 5.16 Å². The van der Waals surface area contributed by atoms with Crippen LogP contribution in [0.2, 0.25) is 0 Å². The molecule has 2 aromatic rings. The number of hydrogen-bond acceptors (Lipinski definition) is 6. The molecule has 0 saturated heterocycles. The summed E-state index contributed by atoms with van der Waals surface area (Å²) in [6, 6.07) is 8.37. The maximum absolute atomic E-state index is 12.5. The quantitative estimate of drug-likeness (QED) is 0.536. The van der Waals surface area contributed by atoms with E-state index in [9.17, 15) is 9.59 Å². The highest BCUT2D eigenvalue weighted by molar-refractivity contribution is 7.99. The molecule has 1 aliphatic heterocycles. The second-order valence-corrected chi connectivity index (χ2v) is 6.10. The molecule has 130 valence electrons. The first-order valence-electron chi connectivity index (χ1n) is 7.69. The van der Waals surface area contributed by atoms with Gasteiger partial charge in [0.05, 0.1) is 18.2 Å². The first kappa shape index (κ1) is 17.0. The number of amides is 2. The fourth-order valence-corrected chi connectivity index (χ4v) is 3.23. The van der Waals surface area contributed by atoms with E-state index in [4.69, 9.17) is 4.74 Å². The number of benzene rings is 1. The average molecular weight is 359 g/mol. The molecule has 1 aromatic heterocycles. The lowest BCUT2D eigenvalue weighted by Crippen LogP contribution is -2.46. The van der Waals surface area contributed by atoms with Crippen molar-refractivity contribution < 1.29 is 14.3 Å². The van der Waals surface area contributed by atoms with E-state index in [-0.39, 0.29) is 12.6 Å². The number of aromatic nitrogens is 3. The van der Waals surface area contributed by atoms with Crippen molar-refractivity contribution in [2.75, 3.05) is 12.4 Å². The predicted molar refractivity (Wildman–Crippen MR) is 91.6 cm³/mol. The number of carbonyl (C=O) groups is 2. The largest absolute Gasteiger partial charge is 0.463 e. The average Bonchev–Trinajstić information content (AvgIpc) is 3.14. The molecule has 2 heterocycles. The molecule has 9 heteroatoms. The maximum atomic E-state index is 12.5. The summed E-state index contributed by atoms with van der Waals surface area (Å²) in [6.45, 7) is 1.99. The van der Waals surface area contributed by atoms with Crippen LogP contribution < -0.4 is 10.6 Å². The van der Waals surface area contributed by atoms with Crippen LogP contribution in [0.25, 0.3) is 0 Å². The molecule has 0 saturated carbocycles. The van der Waals surface area contributed by atoms with Gasteiger partial charge in [-0.2, -0.15) is 5.10 Å². The van der Waals surface area contributed by atoms with Crippen LogP contribution in [-0.4, -0.2) is 39.5 Å². The Morgan fingerprint density at radius 3 is 2.80 bits per heavy atom. The van der Waals surface area contributed by atoms with Gasteiger partial charge in [0.2, 0.25) is 0 Å². The van der Waals surface area contributed by atoms with Gasteiger partial charge in [-0.3, -0.25) is 5.10 Å². The molecule has 3 rings (SSSR count). The second kappa shape index (κ2) is 7.84. The van der Waals surface area contributed by atoms with E-state index in [1.165, 1.54) is 18.1 Å². The lowest BCUT2D eigenvalue weighted by molar-refractivity contribution is -0.139. The van der Waals surface area contributed by atoms with E-state index in [1.54, 1.807) is 6.92 Å². The van der Waals surface area contributed by atoms with Gasteiger partial charge in [0, 0.05) is 11.4 Å². The van der Waals surface area contributed by atoms with E-state index in [1.807, 2.05) is 30.3 Å². The summed E-state index contributed by atoms with van der Waals surface area (Å²) in [6.07, 6.45) is 1.40. The van der Waals surface area contributed by atoms with E-state index in [2.05, 4.69) is 25.8 Å². The number of carbonyl (C=O) groups excluding carboxylic acids is 2. The second-order valence-electron chi connectivity index (χ2n) is 5.13. The molecule has 3 N–H and O–H groups in total. The Labute approximate surface area is 148 Å². The Kier molecular flexibility index (Phi) is 5.34. The Hall–Kier alpha value is -2.81. The number of nitrogens with zero attached hydrogens (tertiary/aromatic N) is 2. The zero-order valence-corrected chi connectivity index (χ0v) is 14.3. The Morgan fingerprint density at radius 2 is 2.12 bits per heavy atom. The standard InChI is InChI=1S/C16H17N5O3S/c1-2-24-14(22)12-11(8-25-16-17-9-18-21-16)19-15(23)20-13(12)10-6-4-3-5-7-10/h3-7,9,13H,2,8H2,1H3,(H,17,18,21)(H2,19,20,23)/t13-/m0/s1. The van der Waals surface area contributed by atoms with Crippen LogP contribution in [0, 0.1) is 0 Å². The molecule has 2 amide bonds. The molecular formula is C16H17N5O3S. The van der Waals surface area contributed by atoms with Crippen LogP contribution in [0.4, 0.5) is 4.79 Å². The lowest BCUT2D eigenvalue weighted by atomic mass is 9.95. The third kappa shape index (κ3) is 4.00. The molecule has 0 unspecified atom stereocenters. The van der Waals surface area contributed by atoms with Gasteiger partial charge in [0.1, 0.15) is 6.33 Å². The van der Waals surface area contributed by atoms with Crippen LogP contribution in [0.1, 0.15) is 18.5 Å². The van der Waals surface area contributed by atoms with E-state index in [0.717, 1.165) is 5.56 Å². The van der Waals surface area contributed by atoms with Crippen LogP contribution in [0.5, 0.6) is 0 Å². The first-order chi connectivity index (χ1) is 12.2. The number of nitrogens with one attached hydrogen (secondary N) is 3. The third-order valence-corrected chi connectivity index (χ3v) is 4.43. The third-order valence-electron chi connectivity index (χ3n) is 3.53. The summed E-state index contributed by atoms with van der Waals surface area (Å²) >= 11 is 1.33. The molecule has 0 radical (unpaired) electrons. The normalized spacial score (nSPS) is 17.0. The molecular weight excluding hydrogens is 342 g/mol. The first-order valence-corrected chi connectivity index (χ1v) is 8.68. The fraction of sp³-hybridized carbons (Fsp3) is 0.250. The highest BCUT2D eigenvalue weighted by atomic mass is 32.2.